The van der Waals surface area contributed by atoms with Gasteiger partial charge in [-0.15, -0.1) is 0 Å². The van der Waals surface area contributed by atoms with Gasteiger partial charge < -0.3 is 0 Å². The first-order chi connectivity index (χ1) is 6.02. The van der Waals surface area contributed by atoms with E-state index in [9.17, 15) is 8.42 Å². The van der Waals surface area contributed by atoms with E-state index in [0.717, 1.165) is 18.6 Å². The van der Waals surface area contributed by atoms with Gasteiger partial charge >= 0.3 is 0 Å². The summed E-state index contributed by atoms with van der Waals surface area (Å²) in [5.74, 6) is 2.09. The molecule has 1 heterocycles. The molecule has 0 amide bonds. The predicted molar refractivity (Wildman–Crippen MR) is 57.5 cm³/mol. The lowest BCUT2D eigenvalue weighted by Crippen LogP contribution is -2.41. The summed E-state index contributed by atoms with van der Waals surface area (Å²) >= 11 is 1.83. The van der Waals surface area contributed by atoms with Gasteiger partial charge in [0.1, 0.15) is 0 Å². The van der Waals surface area contributed by atoms with Crippen molar-refractivity contribution in [3.05, 3.63) is 0 Å². The Kier molecular flexibility index (Phi) is 4.06. The molecular weight excluding hydrogens is 206 g/mol. The molecule has 0 saturated carbocycles. The van der Waals surface area contributed by atoms with Crippen molar-refractivity contribution in [2.24, 2.45) is 0 Å². The lowest BCUT2D eigenvalue weighted by molar-refractivity contribution is 0.536. The fourth-order valence-electron chi connectivity index (χ4n) is 1.20. The highest BCUT2D eigenvalue weighted by atomic mass is 32.2. The first-order valence-electron chi connectivity index (χ1n) is 4.61. The summed E-state index contributed by atoms with van der Waals surface area (Å²) in [5, 5.41) is -0.320. The molecule has 13 heavy (non-hydrogen) atoms. The lowest BCUT2D eigenvalue weighted by Gasteiger charge is -2.23. The minimum absolute atomic E-state index is 0.158. The molecule has 1 unspecified atom stereocenters. The summed E-state index contributed by atoms with van der Waals surface area (Å²) in [6, 6.07) is 0.158. The minimum atomic E-state index is -3.06. The molecule has 0 bridgehead atoms. The fraction of sp³-hybridized carbons (Fsp3) is 1.00. The van der Waals surface area contributed by atoms with Crippen LogP contribution < -0.4 is 4.72 Å². The highest BCUT2D eigenvalue weighted by Crippen LogP contribution is 2.17. The Hall–Kier alpha value is 0.260. The number of nitrogens with one attached hydrogen (secondary N) is 1. The van der Waals surface area contributed by atoms with Gasteiger partial charge in [0.25, 0.3) is 0 Å². The summed E-state index contributed by atoms with van der Waals surface area (Å²) in [6.07, 6.45) is 2.11. The summed E-state index contributed by atoms with van der Waals surface area (Å²) in [7, 11) is -3.06. The second-order valence-corrected chi connectivity index (χ2v) is 7.04. The van der Waals surface area contributed by atoms with Crippen LogP contribution in [0.15, 0.2) is 0 Å². The SMILES string of the molecule is CC(C)S(=O)(=O)NC1CCCSC1. The number of sulfonamides is 1. The van der Waals surface area contributed by atoms with E-state index in [2.05, 4.69) is 4.72 Å². The molecule has 1 rings (SSSR count). The molecule has 78 valence electrons. The van der Waals surface area contributed by atoms with Gasteiger partial charge in [-0.1, -0.05) is 0 Å². The van der Waals surface area contributed by atoms with E-state index in [-0.39, 0.29) is 11.3 Å². The topological polar surface area (TPSA) is 46.2 Å². The summed E-state index contributed by atoms with van der Waals surface area (Å²) in [4.78, 5) is 0. The van der Waals surface area contributed by atoms with Crippen LogP contribution in [-0.2, 0) is 10.0 Å². The quantitative estimate of drug-likeness (QED) is 0.782. The number of hydrogen-bond acceptors (Lipinski definition) is 3. The normalized spacial score (nSPS) is 25.0. The third-order valence-electron chi connectivity index (χ3n) is 2.11. The number of hydrogen-bond donors (Lipinski definition) is 1. The second kappa shape index (κ2) is 4.66. The molecule has 1 aliphatic heterocycles. The molecule has 1 aliphatic rings. The smallest absolute Gasteiger partial charge is 0.212 e. The Morgan fingerprint density at radius 1 is 1.46 bits per heavy atom. The third kappa shape index (κ3) is 3.48. The van der Waals surface area contributed by atoms with E-state index >= 15 is 0 Å². The van der Waals surface area contributed by atoms with Crippen LogP contribution in [0.4, 0.5) is 0 Å². The first-order valence-corrected chi connectivity index (χ1v) is 7.31. The van der Waals surface area contributed by atoms with Gasteiger partial charge in [-0.3, -0.25) is 0 Å². The molecule has 0 radical (unpaired) electrons. The zero-order chi connectivity index (χ0) is 9.90. The Morgan fingerprint density at radius 3 is 2.62 bits per heavy atom. The molecular formula is C8H17NO2S2. The van der Waals surface area contributed by atoms with E-state index in [4.69, 9.17) is 0 Å². The van der Waals surface area contributed by atoms with Crippen LogP contribution in [0.3, 0.4) is 0 Å². The average Bonchev–Trinajstić information content (AvgIpc) is 2.05. The Labute approximate surface area is 84.7 Å². The van der Waals surface area contributed by atoms with E-state index in [1.165, 1.54) is 5.75 Å². The minimum Gasteiger partial charge on any atom is -0.212 e. The zero-order valence-electron chi connectivity index (χ0n) is 8.12. The van der Waals surface area contributed by atoms with E-state index in [0.29, 0.717) is 0 Å². The molecule has 0 spiro atoms. The molecule has 5 heteroatoms. The van der Waals surface area contributed by atoms with Gasteiger partial charge in [0.2, 0.25) is 10.0 Å². The van der Waals surface area contributed by atoms with Crippen LogP contribution in [0, 0.1) is 0 Å². The molecule has 0 aromatic carbocycles. The van der Waals surface area contributed by atoms with Crippen LogP contribution in [0.2, 0.25) is 0 Å². The van der Waals surface area contributed by atoms with Crippen molar-refractivity contribution in [3.63, 3.8) is 0 Å². The van der Waals surface area contributed by atoms with E-state index < -0.39 is 10.0 Å². The van der Waals surface area contributed by atoms with Crippen LogP contribution in [0.5, 0.6) is 0 Å². The van der Waals surface area contributed by atoms with Gasteiger partial charge in [0.05, 0.1) is 5.25 Å². The predicted octanol–water partition coefficient (Wildman–Crippen LogP) is 1.21. The molecule has 1 saturated heterocycles. The van der Waals surface area contributed by atoms with Gasteiger partial charge in [-0.2, -0.15) is 11.8 Å². The van der Waals surface area contributed by atoms with Crippen molar-refractivity contribution in [2.45, 2.75) is 38.0 Å². The summed E-state index contributed by atoms with van der Waals surface area (Å²) in [5.41, 5.74) is 0. The Balaban J connectivity index is 2.47. The van der Waals surface area contributed by atoms with Gasteiger partial charge in [0.15, 0.2) is 0 Å². The molecule has 0 aromatic rings. The molecule has 3 nitrogen and oxygen atoms in total. The number of thioether (sulfide) groups is 1. The van der Waals surface area contributed by atoms with Crippen molar-refractivity contribution in [2.75, 3.05) is 11.5 Å². The molecule has 1 N–H and O–H groups in total. The summed E-state index contributed by atoms with van der Waals surface area (Å²) < 4.78 is 25.7. The van der Waals surface area contributed by atoms with E-state index in [1.54, 1.807) is 13.8 Å². The first kappa shape index (κ1) is 11.3. The largest absolute Gasteiger partial charge is 0.214 e. The maximum absolute atomic E-state index is 11.5. The molecule has 0 aromatic heterocycles. The van der Waals surface area contributed by atoms with Crippen molar-refractivity contribution >= 4 is 21.8 Å². The summed E-state index contributed by atoms with van der Waals surface area (Å²) in [6.45, 7) is 3.41. The van der Waals surface area contributed by atoms with Crippen LogP contribution in [0.1, 0.15) is 26.7 Å². The fourth-order valence-corrected chi connectivity index (χ4v) is 3.32. The van der Waals surface area contributed by atoms with Gasteiger partial charge in [-0.25, -0.2) is 13.1 Å². The average molecular weight is 223 g/mol. The van der Waals surface area contributed by atoms with Crippen molar-refractivity contribution in [3.8, 4) is 0 Å². The van der Waals surface area contributed by atoms with Crippen molar-refractivity contribution in [1.82, 2.24) is 4.72 Å². The van der Waals surface area contributed by atoms with Gasteiger partial charge in [0, 0.05) is 11.8 Å². The standard InChI is InChI=1S/C8H17NO2S2/c1-7(2)13(10,11)9-8-4-3-5-12-6-8/h7-9H,3-6H2,1-2H3. The molecule has 1 atom stereocenters. The lowest BCUT2D eigenvalue weighted by atomic mass is 10.2. The second-order valence-electron chi connectivity index (χ2n) is 3.63. The van der Waals surface area contributed by atoms with Crippen LogP contribution in [-0.4, -0.2) is 31.2 Å². The Bertz CT molecular complexity index is 243. The third-order valence-corrected chi connectivity index (χ3v) is 5.23. The Morgan fingerprint density at radius 2 is 2.15 bits per heavy atom. The maximum Gasteiger partial charge on any atom is 0.214 e. The molecule has 0 aliphatic carbocycles. The highest BCUT2D eigenvalue weighted by molar-refractivity contribution is 7.99. The number of rotatable bonds is 3. The highest BCUT2D eigenvalue weighted by Gasteiger charge is 2.22. The zero-order valence-corrected chi connectivity index (χ0v) is 9.75. The van der Waals surface area contributed by atoms with Crippen LogP contribution in [0.25, 0.3) is 0 Å². The monoisotopic (exact) mass is 223 g/mol. The van der Waals surface area contributed by atoms with Crippen molar-refractivity contribution in [1.29, 1.82) is 0 Å². The van der Waals surface area contributed by atoms with Crippen molar-refractivity contribution < 1.29 is 8.42 Å². The molecule has 1 fully saturated rings. The van der Waals surface area contributed by atoms with E-state index in [1.807, 2.05) is 11.8 Å². The van der Waals surface area contributed by atoms with Crippen LogP contribution >= 0.6 is 11.8 Å². The maximum atomic E-state index is 11.5. The van der Waals surface area contributed by atoms with Gasteiger partial charge in [-0.05, 0) is 32.4 Å².